The molecule has 0 radical (unpaired) electrons. The SMILES string of the molecule is C=CC(=O)N1CC[C@H](C(=O)N(C)[C@H](C(=O)N[C@H]2Cc3cc(C(F)F)cc(n3)-c3ccc4c(c3)c(c(-c3cccnc3[C@H](C)OC)n4CC)CC(C)(C)COC(=O)[C@@H]3CCCN(N3)C2=O)C(C)C)C1.S.S.S.S.S. The van der Waals surface area contributed by atoms with Crippen LogP contribution in [0.4, 0.5) is 8.78 Å². The van der Waals surface area contributed by atoms with E-state index in [0.717, 1.165) is 33.4 Å². The normalized spacial score (nSPS) is 19.4. The maximum atomic E-state index is 15.0. The van der Waals surface area contributed by atoms with Crippen LogP contribution < -0.4 is 10.7 Å². The second kappa shape index (κ2) is 27.5. The third-order valence-corrected chi connectivity index (χ3v) is 13.5. The third kappa shape index (κ3) is 14.1. The summed E-state index contributed by atoms with van der Waals surface area (Å²) in [6, 6.07) is 8.92. The Morgan fingerprint density at radius 2 is 1.75 bits per heavy atom. The van der Waals surface area contributed by atoms with Gasteiger partial charge in [-0.25, -0.2) is 14.2 Å². The Morgan fingerprint density at radius 1 is 1.04 bits per heavy atom. The van der Waals surface area contributed by atoms with Gasteiger partial charge in [0.1, 0.15) is 18.1 Å². The summed E-state index contributed by atoms with van der Waals surface area (Å²) < 4.78 is 44.0. The molecule has 0 saturated carbocycles. The molecule has 0 aliphatic carbocycles. The van der Waals surface area contributed by atoms with Gasteiger partial charge in [0.25, 0.3) is 12.3 Å². The quantitative estimate of drug-likeness (QED) is 0.116. The Bertz CT molecular complexity index is 2600. The number of aromatic nitrogens is 3. The van der Waals surface area contributed by atoms with Gasteiger partial charge in [-0.05, 0) is 93.5 Å². The molecule has 0 unspecified atom stereocenters. The molecule has 4 amide bonds. The Morgan fingerprint density at radius 3 is 2.40 bits per heavy atom. The van der Waals surface area contributed by atoms with E-state index in [1.165, 1.54) is 40.1 Å². The number of hydrazine groups is 1. The maximum absolute atomic E-state index is 15.0. The fourth-order valence-electron chi connectivity index (χ4n) is 9.95. The fourth-order valence-corrected chi connectivity index (χ4v) is 9.95. The number of nitrogens with one attached hydrogen (secondary N) is 2. The molecular weight excluding hydrogens is 1030 g/mol. The van der Waals surface area contributed by atoms with Gasteiger partial charge in [0.15, 0.2) is 0 Å². The molecule has 7 rings (SSSR count). The van der Waals surface area contributed by atoms with Crippen molar-refractivity contribution < 1.29 is 42.2 Å². The number of pyridine rings is 2. The number of rotatable bonds is 11. The number of methoxy groups -OCH3 is 1. The van der Waals surface area contributed by atoms with Gasteiger partial charge in [0.2, 0.25) is 17.7 Å². The van der Waals surface area contributed by atoms with Crippen molar-refractivity contribution in [3.8, 4) is 22.5 Å². The van der Waals surface area contributed by atoms with E-state index in [-0.39, 0.29) is 128 Å². The van der Waals surface area contributed by atoms with Crippen LogP contribution >= 0.6 is 67.5 Å². The minimum absolute atomic E-state index is 0. The minimum Gasteiger partial charge on any atom is -0.464 e. The van der Waals surface area contributed by atoms with Gasteiger partial charge in [-0.1, -0.05) is 40.3 Å². The van der Waals surface area contributed by atoms with Crippen molar-refractivity contribution >= 4 is 108 Å². The number of nitrogens with zero attached hydrogens (tertiary/aromatic N) is 6. The van der Waals surface area contributed by atoms with Crippen LogP contribution in [-0.2, 0) is 52.8 Å². The van der Waals surface area contributed by atoms with Crippen LogP contribution in [0.25, 0.3) is 33.4 Å². The number of likely N-dealkylation sites (tertiary alicyclic amines) is 1. The van der Waals surface area contributed by atoms with Gasteiger partial charge in [-0.2, -0.15) is 67.5 Å². The second-order valence-electron chi connectivity index (χ2n) is 19.3. The summed E-state index contributed by atoms with van der Waals surface area (Å²) in [6.07, 6.45) is 1.06. The first-order valence-electron chi connectivity index (χ1n) is 23.5. The molecule has 0 spiro atoms. The van der Waals surface area contributed by atoms with Gasteiger partial charge in [0, 0.05) is 91.7 Å². The van der Waals surface area contributed by atoms with E-state index in [2.05, 4.69) is 28.8 Å². The molecule has 6 bridgehead atoms. The Hall–Kier alpha value is -4.32. The first kappa shape index (κ1) is 64.8. The van der Waals surface area contributed by atoms with Crippen molar-refractivity contribution in [1.82, 2.24) is 40.1 Å². The number of cyclic esters (lactones) is 1. The number of likely N-dealkylation sites (N-methyl/N-ethyl adjacent to an activating group) is 1. The molecule has 73 heavy (non-hydrogen) atoms. The lowest BCUT2D eigenvalue weighted by Crippen LogP contribution is -2.62. The molecule has 15 nitrogen and oxygen atoms in total. The van der Waals surface area contributed by atoms with Crippen molar-refractivity contribution in [2.45, 2.75) is 111 Å². The van der Waals surface area contributed by atoms with E-state index in [4.69, 9.17) is 19.4 Å². The predicted octanol–water partition coefficient (Wildman–Crippen LogP) is 7.16. The lowest BCUT2D eigenvalue weighted by Gasteiger charge is -2.37. The summed E-state index contributed by atoms with van der Waals surface area (Å²) in [5, 5.41) is 5.01. The summed E-state index contributed by atoms with van der Waals surface area (Å²) in [4.78, 5) is 82.0. The standard InChI is InChI=1S/C51H64F2N8O7.5H2S/c1-10-42(62)59-21-18-32(27-59)48(64)58(8)44(29(3)4)47(63)56-40-25-34-22-33(46(52)53)24-39(55-34)31-16-17-41-36(23-31)37(45(60(41)11-2)35-14-12-19-54-43(35)30(5)67-9)26-51(6,7)28-68-50(66)38-15-13-20-61(57-38)49(40)65;;;;;/h10,12,14,16-17,19,22-24,29-30,32,38,40,44,46,57H,1,11,13,15,18,20-21,25-28H2,2-9H3,(H,56,63);5*1H2/t30-,32-,38-,40-,44-;;;;;/m0...../s1. The number of halogens is 2. The van der Waals surface area contributed by atoms with Crippen molar-refractivity contribution in [3.05, 3.63) is 83.8 Å². The van der Waals surface area contributed by atoms with Gasteiger partial charge in [-0.15, -0.1) is 0 Å². The number of hydrogen-bond acceptors (Lipinski definition) is 10. The van der Waals surface area contributed by atoms with Gasteiger partial charge >= 0.3 is 5.97 Å². The number of benzene rings is 1. The maximum Gasteiger partial charge on any atom is 0.324 e. The average Bonchev–Trinajstić information content (AvgIpc) is 3.94. The highest BCUT2D eigenvalue weighted by molar-refractivity contribution is 7.60. The molecule has 2 N–H and O–H groups in total. The topological polar surface area (TPSA) is 168 Å². The molecule has 1 aromatic carbocycles. The zero-order valence-corrected chi connectivity index (χ0v) is 47.8. The van der Waals surface area contributed by atoms with Crippen LogP contribution in [0.2, 0.25) is 0 Å². The van der Waals surface area contributed by atoms with Crippen molar-refractivity contribution in [2.75, 3.05) is 40.4 Å². The summed E-state index contributed by atoms with van der Waals surface area (Å²) in [6.45, 7) is 16.5. The number of carbonyl (C=O) groups excluding carboxylic acids is 5. The van der Waals surface area contributed by atoms with E-state index < -0.39 is 59.6 Å². The molecule has 2 fully saturated rings. The molecular formula is C51H74F2N8O7S5. The molecule has 22 heteroatoms. The van der Waals surface area contributed by atoms with Crippen LogP contribution in [0.15, 0.2) is 61.3 Å². The molecule has 6 heterocycles. The predicted molar refractivity (Wildman–Crippen MR) is 305 cm³/mol. The highest BCUT2D eigenvalue weighted by Gasteiger charge is 2.40. The van der Waals surface area contributed by atoms with Crippen LogP contribution in [0.5, 0.6) is 0 Å². The molecule has 404 valence electrons. The van der Waals surface area contributed by atoms with E-state index in [9.17, 15) is 32.8 Å². The monoisotopic (exact) mass is 1110 g/mol. The van der Waals surface area contributed by atoms with Crippen LogP contribution in [0.1, 0.15) is 95.8 Å². The number of ether oxygens (including phenoxy) is 2. The fraction of sp³-hybridized carbons (Fsp3) is 0.510. The number of amides is 4. The largest absolute Gasteiger partial charge is 0.464 e. The number of esters is 1. The molecule has 4 aromatic rings. The summed E-state index contributed by atoms with van der Waals surface area (Å²) in [5.41, 5.74) is 7.40. The van der Waals surface area contributed by atoms with Gasteiger partial charge in [0.05, 0.1) is 35.7 Å². The number of aryl methyl sites for hydroxylation is 1. The molecule has 3 aliphatic rings. The van der Waals surface area contributed by atoms with Gasteiger partial charge in [-0.3, -0.25) is 38.9 Å². The van der Waals surface area contributed by atoms with Crippen LogP contribution in [-0.4, -0.2) is 117 Å². The highest BCUT2D eigenvalue weighted by atomic mass is 32.1. The van der Waals surface area contributed by atoms with Crippen LogP contribution in [0, 0.1) is 17.3 Å². The van der Waals surface area contributed by atoms with E-state index in [1.54, 1.807) is 27.2 Å². The Labute approximate surface area is 462 Å². The molecule has 2 saturated heterocycles. The van der Waals surface area contributed by atoms with E-state index in [1.807, 2.05) is 51.1 Å². The van der Waals surface area contributed by atoms with Crippen molar-refractivity contribution in [1.29, 1.82) is 0 Å². The van der Waals surface area contributed by atoms with Crippen molar-refractivity contribution in [2.24, 2.45) is 17.3 Å². The number of hydrogen-bond donors (Lipinski definition) is 2. The molecule has 5 atom stereocenters. The number of carbonyl (C=O) groups is 5. The summed E-state index contributed by atoms with van der Waals surface area (Å²) >= 11 is 0. The van der Waals surface area contributed by atoms with E-state index >= 15 is 0 Å². The zero-order valence-electron chi connectivity index (χ0n) is 42.8. The first-order valence-corrected chi connectivity index (χ1v) is 23.5. The van der Waals surface area contributed by atoms with E-state index in [0.29, 0.717) is 44.3 Å². The highest BCUT2D eigenvalue weighted by Crippen LogP contribution is 2.42. The first-order chi connectivity index (χ1) is 32.4. The zero-order chi connectivity index (χ0) is 49.2. The van der Waals surface area contributed by atoms with Crippen molar-refractivity contribution in [3.63, 3.8) is 0 Å². The average molecular weight is 1110 g/mol. The number of alkyl halides is 2. The lowest BCUT2D eigenvalue weighted by molar-refractivity contribution is -0.155. The number of fused-ring (bicyclic) bond motifs is 6. The summed E-state index contributed by atoms with van der Waals surface area (Å²) in [5.74, 6) is -3.40. The Kier molecular flexibility index (Phi) is 24.4. The van der Waals surface area contributed by atoms with Gasteiger partial charge < -0.3 is 29.2 Å². The minimum atomic E-state index is -2.90. The lowest BCUT2D eigenvalue weighted by atomic mass is 9.84. The molecule has 3 aromatic heterocycles. The Balaban J connectivity index is 0.00000365. The van der Waals surface area contributed by atoms with Crippen LogP contribution in [0.3, 0.4) is 0 Å². The second-order valence-corrected chi connectivity index (χ2v) is 19.3. The molecule has 3 aliphatic heterocycles. The third-order valence-electron chi connectivity index (χ3n) is 13.5. The summed E-state index contributed by atoms with van der Waals surface area (Å²) in [7, 11) is 3.16. The smallest absolute Gasteiger partial charge is 0.324 e.